The van der Waals surface area contributed by atoms with E-state index >= 15 is 0 Å². The number of hydrogen-bond donors (Lipinski definition) is 2. The first kappa shape index (κ1) is 15.8. The van der Waals surface area contributed by atoms with Crippen LogP contribution in [0.15, 0.2) is 47.4 Å². The van der Waals surface area contributed by atoms with Gasteiger partial charge >= 0.3 is 0 Å². The molecule has 1 heterocycles. The number of aromatic nitrogens is 1. The first-order valence-corrected chi connectivity index (χ1v) is 6.84. The molecule has 1 atom stereocenters. The number of alkyl halides is 1. The average Bonchev–Trinajstić information content (AvgIpc) is 2.54. The minimum Gasteiger partial charge on any atom is -0.389 e. The summed E-state index contributed by atoms with van der Waals surface area (Å²) in [6.45, 7) is -0.522. The molecule has 22 heavy (non-hydrogen) atoms. The highest BCUT2D eigenvalue weighted by Gasteiger charge is 2.07. The monoisotopic (exact) mass is 300 g/mol. The van der Waals surface area contributed by atoms with Crippen LogP contribution in [-0.4, -0.2) is 36.5 Å². The van der Waals surface area contributed by atoms with Crippen LogP contribution in [0.1, 0.15) is 11.1 Å². The first-order valence-electron chi connectivity index (χ1n) is 6.84. The fraction of sp³-hybridized carbons (Fsp3) is 0.235. The van der Waals surface area contributed by atoms with Gasteiger partial charge in [-0.2, -0.15) is 0 Å². The standard InChI is InChI=1S/C17H17FN2O2/c1-20(12-16(21)10-18)15-7-4-13(5-8-15)2-3-14-6-9-17(22)19-11-14/h4-9,11,16,21H,10,12H2,1H3,(H,19,22). The van der Waals surface area contributed by atoms with E-state index in [1.807, 2.05) is 24.3 Å². The molecule has 0 bridgehead atoms. The van der Waals surface area contributed by atoms with Crippen LogP contribution in [0.5, 0.6) is 0 Å². The normalized spacial score (nSPS) is 11.4. The van der Waals surface area contributed by atoms with Crippen molar-refractivity contribution < 1.29 is 9.50 Å². The van der Waals surface area contributed by atoms with Crippen LogP contribution in [-0.2, 0) is 0 Å². The fourth-order valence-corrected chi connectivity index (χ4v) is 1.90. The highest BCUT2D eigenvalue weighted by atomic mass is 19.1. The minimum atomic E-state index is -0.982. The van der Waals surface area contributed by atoms with Gasteiger partial charge in [-0.3, -0.25) is 4.79 Å². The number of pyridine rings is 1. The van der Waals surface area contributed by atoms with E-state index in [1.54, 1.807) is 24.2 Å². The van der Waals surface area contributed by atoms with Gasteiger partial charge in [0.2, 0.25) is 5.56 Å². The van der Waals surface area contributed by atoms with Crippen molar-refractivity contribution in [1.29, 1.82) is 0 Å². The van der Waals surface area contributed by atoms with E-state index in [4.69, 9.17) is 0 Å². The number of benzene rings is 1. The van der Waals surface area contributed by atoms with Crippen LogP contribution >= 0.6 is 0 Å². The van der Waals surface area contributed by atoms with Gasteiger partial charge in [-0.1, -0.05) is 11.8 Å². The zero-order valence-corrected chi connectivity index (χ0v) is 12.2. The lowest BCUT2D eigenvalue weighted by molar-refractivity contribution is 0.146. The third-order valence-corrected chi connectivity index (χ3v) is 3.11. The Balaban J connectivity index is 2.06. The summed E-state index contributed by atoms with van der Waals surface area (Å²) in [4.78, 5) is 15.3. The topological polar surface area (TPSA) is 56.3 Å². The van der Waals surface area contributed by atoms with Crippen molar-refractivity contribution in [2.45, 2.75) is 6.10 Å². The van der Waals surface area contributed by atoms with E-state index in [0.717, 1.165) is 16.8 Å². The van der Waals surface area contributed by atoms with Crippen LogP contribution in [0.25, 0.3) is 0 Å². The number of nitrogens with one attached hydrogen (secondary N) is 1. The predicted molar refractivity (Wildman–Crippen MR) is 84.7 cm³/mol. The number of aromatic amines is 1. The molecule has 4 nitrogen and oxygen atoms in total. The van der Waals surface area contributed by atoms with Crippen molar-refractivity contribution in [3.05, 3.63) is 64.1 Å². The highest BCUT2D eigenvalue weighted by molar-refractivity contribution is 5.51. The van der Waals surface area contributed by atoms with Crippen molar-refractivity contribution >= 4 is 5.69 Å². The van der Waals surface area contributed by atoms with Crippen molar-refractivity contribution in [2.24, 2.45) is 0 Å². The second-order valence-corrected chi connectivity index (χ2v) is 4.93. The summed E-state index contributed by atoms with van der Waals surface area (Å²) in [6.07, 6.45) is 0.584. The number of hydrogen-bond acceptors (Lipinski definition) is 3. The summed E-state index contributed by atoms with van der Waals surface area (Å²) in [5, 5.41) is 9.31. The lowest BCUT2D eigenvalue weighted by atomic mass is 10.2. The van der Waals surface area contributed by atoms with Crippen LogP contribution in [0.2, 0.25) is 0 Å². The predicted octanol–water partition coefficient (Wildman–Crippen LogP) is 1.54. The second kappa shape index (κ2) is 7.43. The molecule has 0 saturated carbocycles. The molecule has 0 amide bonds. The molecule has 114 valence electrons. The Hall–Kier alpha value is -2.58. The Morgan fingerprint density at radius 3 is 2.41 bits per heavy atom. The molecule has 2 aromatic rings. The molecule has 0 radical (unpaired) electrons. The Morgan fingerprint density at radius 2 is 1.82 bits per heavy atom. The zero-order valence-electron chi connectivity index (χ0n) is 12.2. The summed E-state index contributed by atoms with van der Waals surface area (Å²) in [7, 11) is 1.79. The Bertz CT molecular complexity index is 708. The minimum absolute atomic E-state index is 0.159. The molecule has 0 spiro atoms. The quantitative estimate of drug-likeness (QED) is 0.842. The van der Waals surface area contributed by atoms with E-state index in [9.17, 15) is 14.3 Å². The summed E-state index contributed by atoms with van der Waals surface area (Å²) in [5.41, 5.74) is 2.27. The number of H-pyrrole nitrogens is 1. The molecule has 1 aromatic heterocycles. The second-order valence-electron chi connectivity index (χ2n) is 4.93. The lowest BCUT2D eigenvalue weighted by Crippen LogP contribution is -2.30. The Kier molecular flexibility index (Phi) is 5.34. The largest absolute Gasteiger partial charge is 0.389 e. The molecule has 1 unspecified atom stereocenters. The number of aliphatic hydroxyl groups excluding tert-OH is 1. The van der Waals surface area contributed by atoms with Gasteiger partial charge in [0.1, 0.15) is 6.67 Å². The molecular formula is C17H17FN2O2. The van der Waals surface area contributed by atoms with Crippen LogP contribution < -0.4 is 10.5 Å². The molecule has 5 heteroatoms. The Morgan fingerprint density at radius 1 is 1.18 bits per heavy atom. The summed E-state index contributed by atoms with van der Waals surface area (Å²) >= 11 is 0. The molecule has 0 aliphatic rings. The maximum absolute atomic E-state index is 12.3. The molecule has 0 aliphatic heterocycles. The van der Waals surface area contributed by atoms with Gasteiger partial charge in [0.05, 0.1) is 6.10 Å². The van der Waals surface area contributed by atoms with Crippen molar-refractivity contribution in [2.75, 3.05) is 25.2 Å². The third kappa shape index (κ3) is 4.47. The molecule has 2 N–H and O–H groups in total. The van der Waals surface area contributed by atoms with Gasteiger partial charge in [0.25, 0.3) is 0 Å². The van der Waals surface area contributed by atoms with E-state index < -0.39 is 12.8 Å². The van der Waals surface area contributed by atoms with Gasteiger partial charge in [0.15, 0.2) is 0 Å². The van der Waals surface area contributed by atoms with Crippen molar-refractivity contribution in [3.8, 4) is 11.8 Å². The van der Waals surface area contributed by atoms with E-state index in [-0.39, 0.29) is 12.1 Å². The molecule has 1 aromatic carbocycles. The van der Waals surface area contributed by atoms with E-state index in [0.29, 0.717) is 0 Å². The molecule has 0 fully saturated rings. The molecule has 0 aliphatic carbocycles. The number of anilines is 1. The van der Waals surface area contributed by atoms with Gasteiger partial charge in [-0.05, 0) is 30.3 Å². The van der Waals surface area contributed by atoms with E-state index in [2.05, 4.69) is 16.8 Å². The average molecular weight is 300 g/mol. The molecule has 2 rings (SSSR count). The highest BCUT2D eigenvalue weighted by Crippen LogP contribution is 2.13. The summed E-state index contributed by atoms with van der Waals surface area (Å²) < 4.78 is 12.3. The maximum Gasteiger partial charge on any atom is 0.247 e. The Labute approximate surface area is 128 Å². The van der Waals surface area contributed by atoms with Gasteiger partial charge < -0.3 is 15.0 Å². The SMILES string of the molecule is CN(CC(O)CF)c1ccc(C#Cc2ccc(=O)[nH]c2)cc1. The van der Waals surface area contributed by atoms with Crippen molar-refractivity contribution in [3.63, 3.8) is 0 Å². The zero-order chi connectivity index (χ0) is 15.9. The summed E-state index contributed by atoms with van der Waals surface area (Å²) in [5.74, 6) is 5.95. The van der Waals surface area contributed by atoms with Gasteiger partial charge in [-0.15, -0.1) is 0 Å². The van der Waals surface area contributed by atoms with Crippen molar-refractivity contribution in [1.82, 2.24) is 4.98 Å². The maximum atomic E-state index is 12.3. The fourth-order valence-electron chi connectivity index (χ4n) is 1.90. The lowest BCUT2D eigenvalue weighted by Gasteiger charge is -2.21. The first-order chi connectivity index (χ1) is 10.6. The number of likely N-dealkylation sites (N-methyl/N-ethyl adjacent to an activating group) is 1. The molecule has 0 saturated heterocycles. The third-order valence-electron chi connectivity index (χ3n) is 3.11. The van der Waals surface area contributed by atoms with Gasteiger partial charge in [0, 0.05) is 42.7 Å². The van der Waals surface area contributed by atoms with Crippen LogP contribution in [0.3, 0.4) is 0 Å². The van der Waals surface area contributed by atoms with Crippen LogP contribution in [0.4, 0.5) is 10.1 Å². The number of nitrogens with zero attached hydrogens (tertiary/aromatic N) is 1. The smallest absolute Gasteiger partial charge is 0.247 e. The number of rotatable bonds is 4. The number of aliphatic hydroxyl groups is 1. The van der Waals surface area contributed by atoms with E-state index in [1.165, 1.54) is 6.07 Å². The molecular weight excluding hydrogens is 283 g/mol. The summed E-state index contributed by atoms with van der Waals surface area (Å²) in [6, 6.07) is 10.5. The van der Waals surface area contributed by atoms with Crippen LogP contribution in [0, 0.1) is 11.8 Å². The van der Waals surface area contributed by atoms with Gasteiger partial charge in [-0.25, -0.2) is 4.39 Å². The number of halogens is 1.